The van der Waals surface area contributed by atoms with E-state index in [1.807, 2.05) is 48.8 Å². The number of aromatic nitrogens is 2. The lowest BCUT2D eigenvalue weighted by Crippen LogP contribution is -2.40. The number of nitrogens with one attached hydrogen (secondary N) is 2. The smallest absolute Gasteiger partial charge is 0.305 e. The topological polar surface area (TPSA) is 151 Å². The number of methoxy groups -OCH3 is 1. The third kappa shape index (κ3) is 11.6. The number of anilines is 1. The minimum absolute atomic E-state index is 0.0493. The Hall–Kier alpha value is -5.84. The van der Waals surface area contributed by atoms with Gasteiger partial charge in [0, 0.05) is 47.9 Å². The van der Waals surface area contributed by atoms with Crippen LogP contribution in [-0.2, 0) is 27.3 Å². The van der Waals surface area contributed by atoms with Gasteiger partial charge in [0.1, 0.15) is 12.3 Å². The summed E-state index contributed by atoms with van der Waals surface area (Å²) < 4.78 is 5.17. The lowest BCUT2D eigenvalue weighted by molar-refractivity contribution is -0.137. The highest BCUT2D eigenvalue weighted by Gasteiger charge is 2.28. The SMILES string of the molecule is CC[C@H]1CC[C@H](C2CC=C(c3cnc(-c4ccc(CN(CC(=O)NCCC(=O)O)C(=O)c5ccc(NC(=O)Cc6ccc(OC)cc6)cc5)cc4)nc3)CC2)CC1. The molecule has 298 valence electrons. The molecule has 1 atom stereocenters. The molecule has 4 aromatic rings. The van der Waals surface area contributed by atoms with Crippen molar-refractivity contribution in [2.24, 2.45) is 17.8 Å². The Morgan fingerprint density at radius 2 is 1.49 bits per heavy atom. The van der Waals surface area contributed by atoms with Gasteiger partial charge in [-0.2, -0.15) is 0 Å². The van der Waals surface area contributed by atoms with E-state index in [-0.39, 0.29) is 38.4 Å². The summed E-state index contributed by atoms with van der Waals surface area (Å²) in [4.78, 5) is 61.1. The fourth-order valence-electron chi connectivity index (χ4n) is 7.99. The van der Waals surface area contributed by atoms with Crippen LogP contribution < -0.4 is 15.4 Å². The van der Waals surface area contributed by atoms with Crippen LogP contribution in [0.4, 0.5) is 5.69 Å². The van der Waals surface area contributed by atoms with Crippen molar-refractivity contribution in [3.05, 3.63) is 114 Å². The van der Waals surface area contributed by atoms with E-state index >= 15 is 0 Å². The van der Waals surface area contributed by atoms with Crippen molar-refractivity contribution >= 4 is 35.0 Å². The molecule has 1 unspecified atom stereocenters. The average Bonchev–Trinajstić information content (AvgIpc) is 3.24. The zero-order chi connectivity index (χ0) is 40.1. The third-order valence-corrected chi connectivity index (χ3v) is 11.4. The number of nitrogens with zero attached hydrogens (tertiary/aromatic N) is 3. The van der Waals surface area contributed by atoms with Gasteiger partial charge in [-0.05, 0) is 103 Å². The van der Waals surface area contributed by atoms with Crippen molar-refractivity contribution in [3.63, 3.8) is 0 Å². The maximum Gasteiger partial charge on any atom is 0.305 e. The van der Waals surface area contributed by atoms with E-state index in [0.29, 0.717) is 22.8 Å². The molecule has 0 radical (unpaired) electrons. The van der Waals surface area contributed by atoms with Crippen molar-refractivity contribution in [2.45, 2.75) is 77.7 Å². The Morgan fingerprint density at radius 1 is 0.807 bits per heavy atom. The Kier molecular flexibility index (Phi) is 14.2. The molecule has 6 rings (SSSR count). The molecule has 1 aromatic heterocycles. The van der Waals surface area contributed by atoms with Crippen LogP contribution in [0.15, 0.2) is 91.3 Å². The van der Waals surface area contributed by atoms with Gasteiger partial charge in [-0.15, -0.1) is 0 Å². The molecular weight excluding hydrogens is 719 g/mol. The summed E-state index contributed by atoms with van der Waals surface area (Å²) in [7, 11) is 1.58. The van der Waals surface area contributed by atoms with Crippen molar-refractivity contribution in [1.82, 2.24) is 20.2 Å². The summed E-state index contributed by atoms with van der Waals surface area (Å²) in [6.45, 7) is 2.12. The van der Waals surface area contributed by atoms with E-state index in [1.165, 1.54) is 49.0 Å². The first-order valence-corrected chi connectivity index (χ1v) is 20.1. The number of allylic oxidation sites excluding steroid dienone is 2. The molecule has 3 amide bonds. The summed E-state index contributed by atoms with van der Waals surface area (Å²) in [5, 5.41) is 14.4. The molecule has 2 aliphatic carbocycles. The number of hydrogen-bond acceptors (Lipinski definition) is 7. The number of aliphatic carboxylic acids is 1. The molecule has 0 aliphatic heterocycles. The first-order valence-electron chi connectivity index (χ1n) is 20.1. The van der Waals surface area contributed by atoms with Gasteiger partial charge in [-0.25, -0.2) is 9.97 Å². The standard InChI is InChI=1S/C46H53N5O6/c1-3-31-4-10-34(11-5-31)35-14-16-36(17-15-35)39-27-48-45(49-28-39)37-12-6-33(7-13-37)29-51(30-43(53)47-25-24-44(54)55)46(56)38-18-20-40(21-19-38)50-42(52)26-32-8-22-41(57-2)23-9-32/h6-9,12-13,16,18-23,27-28,31,34-35H,3-5,10-11,14-15,17,24-26,29-30H2,1-2H3,(H,47,53)(H,50,52)(H,54,55)/t31-,34-,35?. The zero-order valence-corrected chi connectivity index (χ0v) is 32.9. The fraction of sp³-hybridized carbons (Fsp3) is 0.391. The van der Waals surface area contributed by atoms with Gasteiger partial charge in [0.05, 0.1) is 20.0 Å². The highest BCUT2D eigenvalue weighted by atomic mass is 16.5. The van der Waals surface area contributed by atoms with Crippen LogP contribution in [0.3, 0.4) is 0 Å². The Morgan fingerprint density at radius 3 is 2.11 bits per heavy atom. The molecule has 3 aromatic carbocycles. The zero-order valence-electron chi connectivity index (χ0n) is 32.9. The van der Waals surface area contributed by atoms with E-state index < -0.39 is 17.8 Å². The largest absolute Gasteiger partial charge is 0.497 e. The van der Waals surface area contributed by atoms with Gasteiger partial charge < -0.3 is 25.4 Å². The molecule has 1 fully saturated rings. The summed E-state index contributed by atoms with van der Waals surface area (Å²) in [6, 6.07) is 21.3. The Balaban J connectivity index is 1.07. The highest BCUT2D eigenvalue weighted by Crippen LogP contribution is 2.41. The lowest BCUT2D eigenvalue weighted by atomic mass is 9.71. The highest BCUT2D eigenvalue weighted by molar-refractivity contribution is 5.98. The predicted molar refractivity (Wildman–Crippen MR) is 220 cm³/mol. The molecule has 3 N–H and O–H groups in total. The molecule has 0 spiro atoms. The third-order valence-electron chi connectivity index (χ3n) is 11.4. The Labute approximate surface area is 335 Å². The van der Waals surface area contributed by atoms with Gasteiger partial charge >= 0.3 is 5.97 Å². The first kappa shape index (κ1) is 40.8. The molecule has 1 saturated carbocycles. The second-order valence-electron chi connectivity index (χ2n) is 15.3. The van der Waals surface area contributed by atoms with E-state index in [4.69, 9.17) is 19.8 Å². The van der Waals surface area contributed by atoms with Crippen molar-refractivity contribution in [1.29, 1.82) is 0 Å². The van der Waals surface area contributed by atoms with Crippen molar-refractivity contribution in [2.75, 3.05) is 25.5 Å². The average molecular weight is 772 g/mol. The van der Waals surface area contributed by atoms with Crippen LogP contribution in [0.25, 0.3) is 17.0 Å². The number of carboxylic acids is 1. The van der Waals surface area contributed by atoms with Crippen LogP contribution >= 0.6 is 0 Å². The molecule has 11 nitrogen and oxygen atoms in total. The maximum atomic E-state index is 13.8. The van der Waals surface area contributed by atoms with Gasteiger partial charge in [0.15, 0.2) is 5.82 Å². The van der Waals surface area contributed by atoms with Crippen molar-refractivity contribution in [3.8, 4) is 17.1 Å². The number of carbonyl (C=O) groups excluding carboxylic acids is 3. The second-order valence-corrected chi connectivity index (χ2v) is 15.3. The number of hydrogen-bond donors (Lipinski definition) is 3. The molecule has 11 heteroatoms. The number of amides is 3. The molecule has 2 aliphatic rings. The van der Waals surface area contributed by atoms with E-state index in [0.717, 1.165) is 52.8 Å². The van der Waals surface area contributed by atoms with E-state index in [2.05, 4.69) is 23.6 Å². The number of benzene rings is 3. The second kappa shape index (κ2) is 19.8. The normalized spacial score (nSPS) is 17.9. The molecule has 0 saturated heterocycles. The van der Waals surface area contributed by atoms with Gasteiger partial charge in [0.2, 0.25) is 11.8 Å². The first-order chi connectivity index (χ1) is 27.7. The molecule has 1 heterocycles. The summed E-state index contributed by atoms with van der Waals surface area (Å²) in [6.07, 6.45) is 16.5. The summed E-state index contributed by atoms with van der Waals surface area (Å²) in [5.41, 5.74) is 5.71. The van der Waals surface area contributed by atoms with Crippen molar-refractivity contribution < 1.29 is 29.0 Å². The fourth-order valence-corrected chi connectivity index (χ4v) is 7.99. The van der Waals surface area contributed by atoms with Crippen LogP contribution in [0, 0.1) is 17.8 Å². The van der Waals surface area contributed by atoms with E-state index in [9.17, 15) is 19.2 Å². The van der Waals surface area contributed by atoms with E-state index in [1.54, 1.807) is 43.5 Å². The Bertz CT molecular complexity index is 2000. The monoisotopic (exact) mass is 771 g/mol. The van der Waals surface area contributed by atoms with Crippen LogP contribution in [0.2, 0.25) is 0 Å². The quantitative estimate of drug-likeness (QED) is 0.104. The van der Waals surface area contributed by atoms with Crippen LogP contribution in [-0.4, -0.2) is 63.9 Å². The van der Waals surface area contributed by atoms with Gasteiger partial charge in [-0.3, -0.25) is 19.2 Å². The lowest BCUT2D eigenvalue weighted by Gasteiger charge is -2.35. The minimum atomic E-state index is -1.03. The minimum Gasteiger partial charge on any atom is -0.497 e. The predicted octanol–water partition coefficient (Wildman–Crippen LogP) is 7.97. The van der Waals surface area contributed by atoms with Crippen LogP contribution in [0.1, 0.15) is 91.8 Å². The molecule has 0 bridgehead atoms. The number of carboxylic acid groups (broad SMARTS) is 1. The number of ether oxygens (including phenoxy) is 1. The number of carbonyl (C=O) groups is 4. The van der Waals surface area contributed by atoms with Gasteiger partial charge in [-0.1, -0.05) is 68.7 Å². The maximum absolute atomic E-state index is 13.8. The number of rotatable bonds is 16. The van der Waals surface area contributed by atoms with Crippen LogP contribution in [0.5, 0.6) is 5.75 Å². The summed E-state index contributed by atoms with van der Waals surface area (Å²) in [5.74, 6) is 1.79. The molecular formula is C46H53N5O6. The van der Waals surface area contributed by atoms with Gasteiger partial charge in [0.25, 0.3) is 5.91 Å². The molecule has 57 heavy (non-hydrogen) atoms. The summed E-state index contributed by atoms with van der Waals surface area (Å²) >= 11 is 0.